The number of para-hydroxylation sites is 2. The second-order valence-electron chi connectivity index (χ2n) is 9.67. The summed E-state index contributed by atoms with van der Waals surface area (Å²) in [5.74, 6) is 1.31. The van der Waals surface area contributed by atoms with Crippen LogP contribution in [0.25, 0.3) is 61.4 Å². The van der Waals surface area contributed by atoms with Gasteiger partial charge in [0.1, 0.15) is 5.82 Å². The molecule has 7 aromatic rings. The van der Waals surface area contributed by atoms with Crippen LogP contribution in [0.4, 0.5) is 0 Å². The molecule has 0 saturated carbocycles. The van der Waals surface area contributed by atoms with Crippen LogP contribution in [-0.4, -0.2) is 14.5 Å². The van der Waals surface area contributed by atoms with E-state index in [0.29, 0.717) is 28.3 Å². The Balaban J connectivity index is 1.63. The van der Waals surface area contributed by atoms with E-state index < -0.39 is 0 Å². The van der Waals surface area contributed by atoms with Crippen LogP contribution < -0.4 is 0 Å². The summed E-state index contributed by atoms with van der Waals surface area (Å²) in [5, 5.41) is 22.1. The Morgan fingerprint density at radius 2 is 1.17 bits per heavy atom. The second-order valence-corrected chi connectivity index (χ2v) is 9.67. The zero-order valence-electron chi connectivity index (χ0n) is 21.9. The van der Waals surface area contributed by atoms with E-state index in [4.69, 9.17) is 9.97 Å². The maximum Gasteiger partial charge on any atom is 0.162 e. The largest absolute Gasteiger partial charge is 0.293 e. The van der Waals surface area contributed by atoms with Crippen LogP contribution in [0.15, 0.2) is 127 Å². The highest BCUT2D eigenvalue weighted by Crippen LogP contribution is 2.40. The first kappa shape index (κ1) is 24.0. The van der Waals surface area contributed by atoms with Crippen LogP contribution in [0.5, 0.6) is 0 Å². The summed E-state index contributed by atoms with van der Waals surface area (Å²) in [7, 11) is 0. The van der Waals surface area contributed by atoms with E-state index in [2.05, 4.69) is 34.9 Å². The summed E-state index contributed by atoms with van der Waals surface area (Å²) in [5.41, 5.74) is 6.86. The van der Waals surface area contributed by atoms with E-state index in [0.717, 1.165) is 44.2 Å². The molecule has 0 aliphatic rings. The smallest absolute Gasteiger partial charge is 0.162 e. The first-order chi connectivity index (χ1) is 20.3. The minimum atomic E-state index is 0.450. The number of aromatic nitrogens is 3. The molecule has 41 heavy (non-hydrogen) atoms. The summed E-state index contributed by atoms with van der Waals surface area (Å²) < 4.78 is 2.13. The Bertz CT molecular complexity index is 2070. The van der Waals surface area contributed by atoms with E-state index in [1.54, 1.807) is 18.2 Å². The van der Waals surface area contributed by atoms with Gasteiger partial charge in [-0.1, -0.05) is 103 Å². The Kier molecular flexibility index (Phi) is 5.82. The molecule has 5 heteroatoms. The van der Waals surface area contributed by atoms with Crippen LogP contribution in [0, 0.1) is 22.7 Å². The molecule has 0 spiro atoms. The van der Waals surface area contributed by atoms with Crippen molar-refractivity contribution in [3.63, 3.8) is 0 Å². The average molecular weight is 524 g/mol. The zero-order chi connectivity index (χ0) is 27.8. The van der Waals surface area contributed by atoms with Crippen molar-refractivity contribution >= 4 is 21.8 Å². The molecule has 5 aromatic carbocycles. The Morgan fingerprint density at radius 3 is 1.88 bits per heavy atom. The normalized spacial score (nSPS) is 10.9. The third kappa shape index (κ3) is 4.01. The number of hydrogen-bond acceptors (Lipinski definition) is 4. The highest BCUT2D eigenvalue weighted by molar-refractivity contribution is 6.14. The molecule has 0 unspecified atom stereocenters. The van der Waals surface area contributed by atoms with Gasteiger partial charge in [-0.3, -0.25) is 4.57 Å². The van der Waals surface area contributed by atoms with Gasteiger partial charge in [0.2, 0.25) is 0 Å². The lowest BCUT2D eigenvalue weighted by atomic mass is 9.93. The molecular weight excluding hydrogens is 502 g/mol. The van der Waals surface area contributed by atoms with Gasteiger partial charge in [0.25, 0.3) is 0 Å². The van der Waals surface area contributed by atoms with Gasteiger partial charge in [-0.15, -0.1) is 0 Å². The van der Waals surface area contributed by atoms with Gasteiger partial charge >= 0.3 is 0 Å². The Morgan fingerprint density at radius 1 is 0.561 bits per heavy atom. The number of nitriles is 2. The first-order valence-corrected chi connectivity index (χ1v) is 13.2. The number of benzene rings is 5. The predicted octanol–water partition coefficient (Wildman–Crippen LogP) is 8.32. The quantitative estimate of drug-likeness (QED) is 0.232. The highest BCUT2D eigenvalue weighted by Gasteiger charge is 2.21. The van der Waals surface area contributed by atoms with Crippen molar-refractivity contribution in [3.05, 3.63) is 139 Å². The van der Waals surface area contributed by atoms with Crippen molar-refractivity contribution in [3.8, 4) is 51.7 Å². The fraction of sp³-hybridized carbons (Fsp3) is 0. The van der Waals surface area contributed by atoms with Gasteiger partial charge in [-0.2, -0.15) is 10.5 Å². The Hall–Kier alpha value is -6.04. The average Bonchev–Trinajstić information content (AvgIpc) is 3.40. The van der Waals surface area contributed by atoms with Crippen molar-refractivity contribution in [2.75, 3.05) is 0 Å². The van der Waals surface area contributed by atoms with Gasteiger partial charge in [0.15, 0.2) is 5.82 Å². The van der Waals surface area contributed by atoms with Crippen molar-refractivity contribution in [2.45, 2.75) is 0 Å². The van der Waals surface area contributed by atoms with Crippen molar-refractivity contribution in [1.82, 2.24) is 14.5 Å². The van der Waals surface area contributed by atoms with Crippen LogP contribution >= 0.6 is 0 Å². The van der Waals surface area contributed by atoms with Gasteiger partial charge < -0.3 is 0 Å². The molecule has 190 valence electrons. The number of nitrogens with zero attached hydrogens (tertiary/aromatic N) is 5. The molecule has 2 heterocycles. The van der Waals surface area contributed by atoms with E-state index in [1.807, 2.05) is 91.0 Å². The summed E-state index contributed by atoms with van der Waals surface area (Å²) in [6, 6.07) is 46.1. The SMILES string of the molecule is N#Cc1cccc(C#N)c1-c1cccc2c3ccccc3n(-c3cc(-c4ccccc4)nc(-c4ccccc4)n3)c12. The Labute approximate surface area is 236 Å². The van der Waals surface area contributed by atoms with Crippen molar-refractivity contribution < 1.29 is 0 Å². The maximum atomic E-state index is 10.0. The molecule has 0 saturated heterocycles. The lowest BCUT2D eigenvalue weighted by Gasteiger charge is -2.15. The molecule has 0 atom stereocenters. The van der Waals surface area contributed by atoms with E-state index in [-0.39, 0.29) is 0 Å². The van der Waals surface area contributed by atoms with Crippen LogP contribution in [0.3, 0.4) is 0 Å². The summed E-state index contributed by atoms with van der Waals surface area (Å²) in [4.78, 5) is 10.1. The minimum Gasteiger partial charge on any atom is -0.293 e. The van der Waals surface area contributed by atoms with Crippen molar-refractivity contribution in [1.29, 1.82) is 10.5 Å². The topological polar surface area (TPSA) is 78.3 Å². The van der Waals surface area contributed by atoms with Crippen molar-refractivity contribution in [2.24, 2.45) is 0 Å². The molecule has 7 rings (SSSR count). The van der Waals surface area contributed by atoms with Crippen LogP contribution in [0.1, 0.15) is 11.1 Å². The van der Waals surface area contributed by atoms with Gasteiger partial charge in [-0.25, -0.2) is 9.97 Å². The van der Waals surface area contributed by atoms with Crippen LogP contribution in [-0.2, 0) is 0 Å². The fourth-order valence-corrected chi connectivity index (χ4v) is 5.51. The molecule has 0 aliphatic heterocycles. The highest BCUT2D eigenvalue weighted by atomic mass is 15.1. The molecule has 0 radical (unpaired) electrons. The summed E-state index contributed by atoms with van der Waals surface area (Å²) in [6.07, 6.45) is 0. The van der Waals surface area contributed by atoms with Gasteiger partial charge in [-0.05, 0) is 18.2 Å². The van der Waals surface area contributed by atoms with E-state index >= 15 is 0 Å². The second kappa shape index (κ2) is 9.93. The first-order valence-electron chi connectivity index (χ1n) is 13.2. The summed E-state index contributed by atoms with van der Waals surface area (Å²) >= 11 is 0. The van der Waals surface area contributed by atoms with Gasteiger partial charge in [0, 0.05) is 39.1 Å². The molecule has 0 aliphatic carbocycles. The van der Waals surface area contributed by atoms with Gasteiger partial charge in [0.05, 0.1) is 40.0 Å². The molecule has 0 bridgehead atoms. The number of hydrogen-bond donors (Lipinski definition) is 0. The zero-order valence-corrected chi connectivity index (χ0v) is 21.9. The minimum absolute atomic E-state index is 0.450. The monoisotopic (exact) mass is 523 g/mol. The van der Waals surface area contributed by atoms with E-state index in [9.17, 15) is 10.5 Å². The fourth-order valence-electron chi connectivity index (χ4n) is 5.51. The molecule has 0 amide bonds. The molecule has 5 nitrogen and oxygen atoms in total. The third-order valence-electron chi connectivity index (χ3n) is 7.31. The molecule has 0 fully saturated rings. The lowest BCUT2D eigenvalue weighted by Crippen LogP contribution is -2.03. The predicted molar refractivity (Wildman–Crippen MR) is 162 cm³/mol. The van der Waals surface area contributed by atoms with Crippen LogP contribution in [0.2, 0.25) is 0 Å². The number of fused-ring (bicyclic) bond motifs is 3. The molecule has 0 N–H and O–H groups in total. The maximum absolute atomic E-state index is 10.0. The lowest BCUT2D eigenvalue weighted by molar-refractivity contribution is 1.05. The molecule has 2 aromatic heterocycles. The molecular formula is C36H21N5. The van der Waals surface area contributed by atoms with E-state index in [1.165, 1.54) is 0 Å². The third-order valence-corrected chi connectivity index (χ3v) is 7.31. The standard InChI is InChI=1S/C36H21N5/c37-22-26-15-9-16-27(23-38)34(26)30-19-10-18-29-28-17-7-8-20-32(28)41(35(29)30)33-21-31(24-11-3-1-4-12-24)39-36(40-33)25-13-5-2-6-14-25/h1-21H. The number of rotatable bonds is 4. The summed E-state index contributed by atoms with van der Waals surface area (Å²) in [6.45, 7) is 0.